The van der Waals surface area contributed by atoms with Crippen LogP contribution in [0.1, 0.15) is 88.8 Å². The first-order chi connectivity index (χ1) is 23.3. The second-order valence-corrected chi connectivity index (χ2v) is 34.3. The van der Waals surface area contributed by atoms with E-state index >= 15 is 0 Å². The van der Waals surface area contributed by atoms with Gasteiger partial charge in [-0.3, -0.25) is 0 Å². The van der Waals surface area contributed by atoms with Crippen molar-refractivity contribution < 1.29 is 46.7 Å². The first-order valence-corrected chi connectivity index (χ1v) is 30.4. The van der Waals surface area contributed by atoms with Gasteiger partial charge in [0.05, 0.1) is 0 Å². The van der Waals surface area contributed by atoms with Gasteiger partial charge in [0, 0.05) is 0 Å². The Labute approximate surface area is 386 Å². The Kier molecular flexibility index (Phi) is 34.4. The molecule has 0 bridgehead atoms. The molecule has 0 fully saturated rings. The molecular formula is C46H68Cl4Si2Zr2. The molecule has 0 aromatic heterocycles. The summed E-state index contributed by atoms with van der Waals surface area (Å²) < 4.78 is 0. The molecule has 296 valence electrons. The fourth-order valence-electron chi connectivity index (χ4n) is 4.97. The minimum atomic E-state index is 0. The summed E-state index contributed by atoms with van der Waals surface area (Å²) in [6.07, 6.45) is 2.30. The molecule has 0 aliphatic carbocycles. The molecule has 0 nitrogen and oxygen atoms in total. The van der Waals surface area contributed by atoms with Gasteiger partial charge in [0.15, 0.2) is 0 Å². The average molecular weight is 1000 g/mol. The minimum absolute atomic E-state index is 0. The second-order valence-electron chi connectivity index (χ2n) is 15.5. The third kappa shape index (κ3) is 25.9. The van der Waals surface area contributed by atoms with Gasteiger partial charge in [-0.25, -0.2) is 12.1 Å². The summed E-state index contributed by atoms with van der Waals surface area (Å²) in [6, 6.07) is 39.2. The van der Waals surface area contributed by atoms with E-state index < -0.39 is 0 Å². The van der Waals surface area contributed by atoms with Gasteiger partial charge in [0.2, 0.25) is 0 Å². The molecule has 0 aliphatic rings. The minimum Gasteiger partial charge on any atom is -0.165 e. The Balaban J connectivity index is -0.000000283. The zero-order valence-corrected chi connectivity index (χ0v) is 45.6. The van der Waals surface area contributed by atoms with Crippen LogP contribution in [0.3, 0.4) is 0 Å². The van der Waals surface area contributed by atoms with Crippen molar-refractivity contribution in [3.63, 3.8) is 0 Å². The van der Waals surface area contributed by atoms with E-state index in [4.69, 9.17) is 0 Å². The first-order valence-electron chi connectivity index (χ1n) is 18.1. The largest absolute Gasteiger partial charge is 0.165 e. The number of hydrogen-bond donors (Lipinski definition) is 0. The molecule has 54 heavy (non-hydrogen) atoms. The van der Waals surface area contributed by atoms with E-state index in [9.17, 15) is 0 Å². The molecule has 0 atom stereocenters. The van der Waals surface area contributed by atoms with Crippen LogP contribution in [0, 0.1) is 13.8 Å². The molecule has 6 rings (SSSR count). The van der Waals surface area contributed by atoms with E-state index in [1.165, 1.54) is 54.9 Å². The van der Waals surface area contributed by atoms with Crippen LogP contribution in [-0.4, -0.2) is 10.9 Å². The monoisotopic (exact) mass is 996 g/mol. The molecule has 8 heteroatoms. The van der Waals surface area contributed by atoms with E-state index in [1.54, 1.807) is 46.7 Å². The van der Waals surface area contributed by atoms with Gasteiger partial charge in [0.1, 0.15) is 0 Å². The van der Waals surface area contributed by atoms with E-state index in [0.29, 0.717) is 10.8 Å². The summed E-state index contributed by atoms with van der Waals surface area (Å²) in [6.45, 7) is 31.4. The SMILES string of the molecule is CCc1cc(C(C)(C)C)c[cH-]1.CCc1cc(C(C)(C)C)c[cH-]1.C[Si](C)=[Zr+2].C[Si](C)=[Zr+2].Cc1cc2ccccc2[cH-]1.Cc1cc2ccccc2[cH-]1.Cl.Cl.Cl.Cl. The van der Waals surface area contributed by atoms with E-state index in [2.05, 4.69) is 205 Å². The standard InChI is InChI=1S/2C11H17.2C10H9.2C2H6Si.4ClH.2Zr/c2*1-5-9-6-7-10(8-9)11(2,3)4;2*1-8-6-9-4-2-3-5-10(9)7-8;2*1-3-2;;;;;;/h2*6-8H,5H2,1-4H3;2*2-7H,1H3;2*1-2H3;4*1H;;/q4*-1;;;;;;;2*+2. The first kappa shape index (κ1) is 60.4. The molecule has 0 N–H and O–H groups in total. The molecule has 0 amide bonds. The van der Waals surface area contributed by atoms with Gasteiger partial charge in [-0.15, -0.1) is 131 Å². The van der Waals surface area contributed by atoms with Gasteiger partial charge < -0.3 is 0 Å². The fourth-order valence-corrected chi connectivity index (χ4v) is 4.97. The molecule has 6 aromatic rings. The van der Waals surface area contributed by atoms with Crippen LogP contribution in [0.25, 0.3) is 21.5 Å². The van der Waals surface area contributed by atoms with Gasteiger partial charge in [-0.1, -0.05) is 105 Å². The molecule has 0 unspecified atom stereocenters. The Morgan fingerprint density at radius 2 is 0.796 bits per heavy atom. The van der Waals surface area contributed by atoms with Gasteiger partial charge in [0.25, 0.3) is 0 Å². The van der Waals surface area contributed by atoms with Crippen molar-refractivity contribution in [2.24, 2.45) is 0 Å². The molecule has 0 radical (unpaired) electrons. The van der Waals surface area contributed by atoms with Crippen LogP contribution in [-0.2, 0) is 70.3 Å². The van der Waals surface area contributed by atoms with Crippen molar-refractivity contribution in [1.82, 2.24) is 0 Å². The van der Waals surface area contributed by atoms with Crippen molar-refractivity contribution in [1.29, 1.82) is 0 Å². The second kappa shape index (κ2) is 30.8. The molecule has 0 spiro atoms. The number of rotatable bonds is 2. The van der Waals surface area contributed by atoms with Crippen LogP contribution in [0.2, 0.25) is 26.2 Å². The average Bonchev–Trinajstić information content (AvgIpc) is 3.81. The molecule has 0 heterocycles. The summed E-state index contributed by atoms with van der Waals surface area (Å²) >= 11 is 3.48. The Morgan fingerprint density at radius 1 is 0.519 bits per heavy atom. The number of halogens is 4. The van der Waals surface area contributed by atoms with Gasteiger partial charge in [-0.2, -0.15) is 58.7 Å². The third-order valence-corrected chi connectivity index (χ3v) is 7.71. The molecule has 0 saturated carbocycles. The predicted octanol–water partition coefficient (Wildman–Crippen LogP) is 15.5. The normalized spacial score (nSPS) is 9.81. The number of fused-ring (bicyclic) bond motifs is 2. The molecule has 0 aliphatic heterocycles. The molecular weight excluding hydrogens is 933 g/mol. The Hall–Kier alpha value is -0.280. The van der Waals surface area contributed by atoms with Crippen molar-refractivity contribution in [3.05, 3.63) is 143 Å². The number of hydrogen-bond acceptors (Lipinski definition) is 0. The summed E-state index contributed by atoms with van der Waals surface area (Å²) in [4.78, 5) is 0. The van der Waals surface area contributed by atoms with Gasteiger partial charge in [-0.05, 0) is 0 Å². The van der Waals surface area contributed by atoms with Crippen LogP contribution >= 0.6 is 49.6 Å². The maximum Gasteiger partial charge on any atom is -0.0579 e. The van der Waals surface area contributed by atoms with Crippen molar-refractivity contribution in [2.45, 2.75) is 119 Å². The van der Waals surface area contributed by atoms with E-state index in [0.717, 1.165) is 12.8 Å². The van der Waals surface area contributed by atoms with Crippen LogP contribution < -0.4 is 0 Å². The Bertz CT molecular complexity index is 1650. The van der Waals surface area contributed by atoms with Gasteiger partial charge >= 0.3 is 83.7 Å². The van der Waals surface area contributed by atoms with E-state index in [1.807, 2.05) is 0 Å². The summed E-state index contributed by atoms with van der Waals surface area (Å²) in [7, 11) is 0. The zero-order valence-electron chi connectivity index (χ0n) is 35.4. The number of benzene rings is 2. The summed E-state index contributed by atoms with van der Waals surface area (Å²) in [5.74, 6) is 0. The third-order valence-electron chi connectivity index (χ3n) is 7.71. The quantitative estimate of drug-likeness (QED) is 0.120. The zero-order chi connectivity index (χ0) is 38.1. The smallest absolute Gasteiger partial charge is 0.0579 e. The van der Waals surface area contributed by atoms with Crippen molar-refractivity contribution >= 4 is 82.0 Å². The maximum absolute atomic E-state index is 2.31. The summed E-state index contributed by atoms with van der Waals surface area (Å²) in [5.41, 5.74) is 9.56. The van der Waals surface area contributed by atoms with Crippen LogP contribution in [0.15, 0.2) is 109 Å². The van der Waals surface area contributed by atoms with E-state index in [-0.39, 0.29) is 60.5 Å². The summed E-state index contributed by atoms with van der Waals surface area (Å²) in [5, 5.41) is 5.39. The maximum atomic E-state index is 2.31. The predicted molar refractivity (Wildman–Crippen MR) is 253 cm³/mol. The molecule has 6 aromatic carbocycles. The van der Waals surface area contributed by atoms with Crippen molar-refractivity contribution in [2.75, 3.05) is 0 Å². The fraction of sp³-hybridized carbons (Fsp3) is 0.391. The number of aryl methyl sites for hydroxylation is 4. The molecule has 0 saturated heterocycles. The Morgan fingerprint density at radius 3 is 1.00 bits per heavy atom. The van der Waals surface area contributed by atoms with Crippen LogP contribution in [0.5, 0.6) is 0 Å². The van der Waals surface area contributed by atoms with Crippen LogP contribution in [0.4, 0.5) is 0 Å². The van der Waals surface area contributed by atoms with Crippen molar-refractivity contribution in [3.8, 4) is 0 Å². The topological polar surface area (TPSA) is 0 Å².